The third-order valence-corrected chi connectivity index (χ3v) is 5.32. The molecule has 31 heavy (non-hydrogen) atoms. The molecular weight excluding hydrogens is 400 g/mol. The first-order valence-corrected chi connectivity index (χ1v) is 10.5. The van der Waals surface area contributed by atoms with Crippen molar-refractivity contribution in [2.45, 2.75) is 78.0 Å². The average molecular weight is 431 g/mol. The van der Waals surface area contributed by atoms with Gasteiger partial charge in [0.2, 0.25) is 0 Å². The molecule has 0 bridgehead atoms. The molecule has 168 valence electrons. The van der Waals surface area contributed by atoms with Crippen LogP contribution >= 0.6 is 0 Å². The number of carbonyl (C=O) groups excluding carboxylic acids is 1. The Morgan fingerprint density at radius 1 is 1.19 bits per heavy atom. The van der Waals surface area contributed by atoms with Crippen LogP contribution in [0.2, 0.25) is 0 Å². The van der Waals surface area contributed by atoms with E-state index in [2.05, 4.69) is 15.8 Å². The summed E-state index contributed by atoms with van der Waals surface area (Å²) in [6, 6.07) is 5.29. The number of alkyl carbamates (subject to hydrolysis) is 1. The molecule has 0 saturated heterocycles. The Kier molecular flexibility index (Phi) is 6.52. The number of hydrogen-bond donors (Lipinski definition) is 2. The van der Waals surface area contributed by atoms with Crippen molar-refractivity contribution < 1.29 is 19.0 Å². The van der Waals surface area contributed by atoms with E-state index in [1.54, 1.807) is 19.1 Å². The van der Waals surface area contributed by atoms with Crippen LogP contribution in [0.4, 0.5) is 16.2 Å². The zero-order chi connectivity index (χ0) is 22.8. The molecule has 0 atom stereocenters. The molecule has 3 rings (SSSR count). The minimum absolute atomic E-state index is 0.0199. The van der Waals surface area contributed by atoms with Crippen LogP contribution < -0.4 is 10.6 Å². The van der Waals surface area contributed by atoms with Crippen LogP contribution in [-0.4, -0.2) is 33.9 Å². The standard InChI is InChI=1S/C22H30N4O5/c1-13-20(14(2)31-25-13)15-6-11-18(19(12-15)26(28)29)23-16-7-9-17(10-8-16)24-21(27)30-22(3,4)5/h6,11-12,16-17,23H,7-10H2,1-5H3,(H,24,27). The lowest BCUT2D eigenvalue weighted by Crippen LogP contribution is -2.42. The Labute approximate surface area is 181 Å². The highest BCUT2D eigenvalue weighted by molar-refractivity contribution is 5.75. The summed E-state index contributed by atoms with van der Waals surface area (Å²) in [6.45, 7) is 9.09. The van der Waals surface area contributed by atoms with Gasteiger partial charge in [0.1, 0.15) is 17.0 Å². The van der Waals surface area contributed by atoms with Gasteiger partial charge in [-0.2, -0.15) is 0 Å². The minimum Gasteiger partial charge on any atom is -0.444 e. The van der Waals surface area contributed by atoms with Crippen molar-refractivity contribution in [3.63, 3.8) is 0 Å². The molecule has 0 spiro atoms. The number of carbonyl (C=O) groups is 1. The molecule has 9 heteroatoms. The van der Waals surface area contributed by atoms with E-state index in [9.17, 15) is 14.9 Å². The van der Waals surface area contributed by atoms with Crippen molar-refractivity contribution in [3.05, 3.63) is 39.8 Å². The number of nitro benzene ring substituents is 1. The van der Waals surface area contributed by atoms with Gasteiger partial charge in [0.15, 0.2) is 0 Å². The number of rotatable bonds is 5. The van der Waals surface area contributed by atoms with Gasteiger partial charge in [-0.05, 0) is 71.9 Å². The van der Waals surface area contributed by atoms with Crippen molar-refractivity contribution in [3.8, 4) is 11.1 Å². The molecule has 1 aromatic heterocycles. The van der Waals surface area contributed by atoms with Gasteiger partial charge in [-0.15, -0.1) is 0 Å². The summed E-state index contributed by atoms with van der Waals surface area (Å²) in [5.74, 6) is 0.628. The van der Waals surface area contributed by atoms with Crippen LogP contribution in [0.5, 0.6) is 0 Å². The molecular formula is C22H30N4O5. The first-order valence-electron chi connectivity index (χ1n) is 10.5. The minimum atomic E-state index is -0.530. The van der Waals surface area contributed by atoms with Crippen molar-refractivity contribution >= 4 is 17.5 Å². The number of aromatic nitrogens is 1. The molecule has 1 aliphatic rings. The highest BCUT2D eigenvalue weighted by Gasteiger charge is 2.26. The molecule has 0 aliphatic heterocycles. The van der Waals surface area contributed by atoms with E-state index in [1.807, 2.05) is 33.8 Å². The van der Waals surface area contributed by atoms with Crippen LogP contribution in [0, 0.1) is 24.0 Å². The molecule has 1 aliphatic carbocycles. The summed E-state index contributed by atoms with van der Waals surface area (Å²) in [5.41, 5.74) is 2.17. The van der Waals surface area contributed by atoms with E-state index in [0.29, 0.717) is 22.7 Å². The zero-order valence-electron chi connectivity index (χ0n) is 18.7. The first kappa shape index (κ1) is 22.6. The third-order valence-electron chi connectivity index (χ3n) is 5.32. The number of anilines is 1. The highest BCUT2D eigenvalue weighted by atomic mass is 16.6. The van der Waals surface area contributed by atoms with Gasteiger partial charge >= 0.3 is 6.09 Å². The second kappa shape index (κ2) is 8.95. The number of nitrogens with one attached hydrogen (secondary N) is 2. The van der Waals surface area contributed by atoms with E-state index >= 15 is 0 Å². The van der Waals surface area contributed by atoms with E-state index in [4.69, 9.17) is 9.26 Å². The summed E-state index contributed by atoms with van der Waals surface area (Å²) in [6.07, 6.45) is 2.74. The van der Waals surface area contributed by atoms with Gasteiger partial charge in [-0.25, -0.2) is 4.79 Å². The molecule has 1 heterocycles. The molecule has 2 N–H and O–H groups in total. The fourth-order valence-electron chi connectivity index (χ4n) is 3.93. The highest BCUT2D eigenvalue weighted by Crippen LogP contribution is 2.35. The number of nitrogens with zero attached hydrogens (tertiary/aromatic N) is 2. The molecule has 1 amide bonds. The molecule has 2 aromatic rings. The fraction of sp³-hybridized carbons (Fsp3) is 0.545. The molecule has 0 radical (unpaired) electrons. The van der Waals surface area contributed by atoms with Gasteiger partial charge in [0.05, 0.1) is 10.6 Å². The number of ether oxygens (including phenoxy) is 1. The molecule has 1 fully saturated rings. The average Bonchev–Trinajstić information content (AvgIpc) is 3.00. The smallest absolute Gasteiger partial charge is 0.407 e. The van der Waals surface area contributed by atoms with E-state index in [0.717, 1.165) is 31.2 Å². The Bertz CT molecular complexity index is 936. The largest absolute Gasteiger partial charge is 0.444 e. The predicted octanol–water partition coefficient (Wildman–Crippen LogP) is 5.11. The second-order valence-electron chi connectivity index (χ2n) is 9.03. The summed E-state index contributed by atoms with van der Waals surface area (Å²) < 4.78 is 10.5. The lowest BCUT2D eigenvalue weighted by Gasteiger charge is -2.31. The number of nitro groups is 1. The summed E-state index contributed by atoms with van der Waals surface area (Å²) in [5, 5.41) is 21.9. The summed E-state index contributed by atoms with van der Waals surface area (Å²) >= 11 is 0. The molecule has 1 aromatic carbocycles. The van der Waals surface area contributed by atoms with Crippen LogP contribution in [0.1, 0.15) is 57.9 Å². The number of aryl methyl sites for hydroxylation is 2. The Morgan fingerprint density at radius 2 is 1.84 bits per heavy atom. The second-order valence-corrected chi connectivity index (χ2v) is 9.03. The summed E-state index contributed by atoms with van der Waals surface area (Å²) in [7, 11) is 0. The van der Waals surface area contributed by atoms with Crippen molar-refractivity contribution in [1.29, 1.82) is 0 Å². The number of hydrogen-bond acceptors (Lipinski definition) is 7. The van der Waals surface area contributed by atoms with Gasteiger partial charge in [0.25, 0.3) is 5.69 Å². The van der Waals surface area contributed by atoms with Gasteiger partial charge < -0.3 is 19.9 Å². The van der Waals surface area contributed by atoms with E-state index in [1.165, 1.54) is 0 Å². The Balaban J connectivity index is 1.64. The van der Waals surface area contributed by atoms with Crippen LogP contribution in [-0.2, 0) is 4.74 Å². The predicted molar refractivity (Wildman–Crippen MR) is 117 cm³/mol. The summed E-state index contributed by atoms with van der Waals surface area (Å²) in [4.78, 5) is 23.3. The van der Waals surface area contributed by atoms with Gasteiger partial charge in [0, 0.05) is 23.7 Å². The van der Waals surface area contributed by atoms with E-state index < -0.39 is 11.7 Å². The maximum Gasteiger partial charge on any atom is 0.407 e. The SMILES string of the molecule is Cc1noc(C)c1-c1ccc(NC2CCC(NC(=O)OC(C)(C)C)CC2)c([N+](=O)[O-])c1. The van der Waals surface area contributed by atoms with Crippen molar-refractivity contribution in [2.75, 3.05) is 5.32 Å². The normalized spacial score (nSPS) is 19.0. The first-order chi connectivity index (χ1) is 14.5. The number of amides is 1. The lowest BCUT2D eigenvalue weighted by atomic mass is 9.91. The van der Waals surface area contributed by atoms with E-state index in [-0.39, 0.29) is 22.7 Å². The fourth-order valence-corrected chi connectivity index (χ4v) is 3.93. The Morgan fingerprint density at radius 3 is 2.39 bits per heavy atom. The topological polar surface area (TPSA) is 120 Å². The maximum absolute atomic E-state index is 12.0. The molecule has 1 saturated carbocycles. The molecule has 9 nitrogen and oxygen atoms in total. The maximum atomic E-state index is 12.0. The van der Waals surface area contributed by atoms with Crippen molar-refractivity contribution in [2.24, 2.45) is 0 Å². The monoisotopic (exact) mass is 430 g/mol. The van der Waals surface area contributed by atoms with Crippen molar-refractivity contribution in [1.82, 2.24) is 10.5 Å². The van der Waals surface area contributed by atoms with Crippen LogP contribution in [0.25, 0.3) is 11.1 Å². The number of benzene rings is 1. The van der Waals surface area contributed by atoms with Gasteiger partial charge in [-0.1, -0.05) is 11.2 Å². The molecule has 0 unspecified atom stereocenters. The lowest BCUT2D eigenvalue weighted by molar-refractivity contribution is -0.383. The Hall–Kier alpha value is -3.10. The van der Waals surface area contributed by atoms with Gasteiger partial charge in [-0.3, -0.25) is 10.1 Å². The zero-order valence-corrected chi connectivity index (χ0v) is 18.7. The van der Waals surface area contributed by atoms with Crippen LogP contribution in [0.15, 0.2) is 22.7 Å². The quantitative estimate of drug-likeness (QED) is 0.499. The van der Waals surface area contributed by atoms with Crippen LogP contribution in [0.3, 0.4) is 0 Å². The third kappa shape index (κ3) is 5.74.